The highest BCUT2D eigenvalue weighted by atomic mass is 16.6. The van der Waals surface area contributed by atoms with Gasteiger partial charge in [-0.25, -0.2) is 5.43 Å². The van der Waals surface area contributed by atoms with Gasteiger partial charge in [0.15, 0.2) is 0 Å². The number of hydrogen-bond donors (Lipinski definition) is 2. The highest BCUT2D eigenvalue weighted by molar-refractivity contribution is 5.81. The first-order valence-electron chi connectivity index (χ1n) is 4.94. The lowest BCUT2D eigenvalue weighted by Gasteiger charge is -1.98. The Balaban J connectivity index is 2.12. The Kier molecular flexibility index (Phi) is 3.23. The molecule has 0 aliphatic rings. The molecule has 0 aliphatic heterocycles. The van der Waals surface area contributed by atoms with E-state index in [1.165, 1.54) is 12.3 Å². The van der Waals surface area contributed by atoms with Crippen LogP contribution in [-0.4, -0.2) is 31.8 Å². The fourth-order valence-corrected chi connectivity index (χ4v) is 1.28. The van der Waals surface area contributed by atoms with E-state index in [-0.39, 0.29) is 11.6 Å². The number of aromatic nitrogens is 4. The number of nitro groups is 1. The van der Waals surface area contributed by atoms with E-state index in [1.54, 1.807) is 19.1 Å². The molecular weight excluding hydrogens is 238 g/mol. The first kappa shape index (κ1) is 11.6. The van der Waals surface area contributed by atoms with Crippen LogP contribution in [0.15, 0.2) is 23.3 Å². The molecule has 0 radical (unpaired) electrons. The maximum absolute atomic E-state index is 10.7. The second-order valence-electron chi connectivity index (χ2n) is 3.41. The Morgan fingerprint density at radius 1 is 1.56 bits per heavy atom. The first-order valence-corrected chi connectivity index (χ1v) is 4.94. The molecule has 1 aromatic heterocycles. The lowest BCUT2D eigenvalue weighted by molar-refractivity contribution is -0.385. The molecule has 2 aromatic rings. The minimum absolute atomic E-state index is 0.0542. The highest BCUT2D eigenvalue weighted by Gasteiger charge is 2.09. The van der Waals surface area contributed by atoms with E-state index in [4.69, 9.17) is 0 Å². The van der Waals surface area contributed by atoms with Gasteiger partial charge in [-0.1, -0.05) is 17.2 Å². The average molecular weight is 247 g/mol. The summed E-state index contributed by atoms with van der Waals surface area (Å²) in [6.07, 6.45) is 1.43. The predicted octanol–water partition coefficient (Wildman–Crippen LogP) is 0.862. The monoisotopic (exact) mass is 247 g/mol. The standard InChI is InChI=1S/C9H9N7O2/c1-6-2-3-7(4-8(6)16(17)18)5-10-11-9-12-14-15-13-9/h2-5H,1H3,(H2,11,12,13,14,15)/b10-5+. The second kappa shape index (κ2) is 4.99. The summed E-state index contributed by atoms with van der Waals surface area (Å²) in [4.78, 5) is 10.3. The number of hydrogen-bond acceptors (Lipinski definition) is 7. The Labute approximate surface area is 101 Å². The molecule has 0 fully saturated rings. The largest absolute Gasteiger partial charge is 0.283 e. The summed E-state index contributed by atoms with van der Waals surface area (Å²) < 4.78 is 0. The zero-order chi connectivity index (χ0) is 13.0. The van der Waals surface area contributed by atoms with E-state index in [0.717, 1.165) is 0 Å². The number of rotatable bonds is 4. The van der Waals surface area contributed by atoms with E-state index in [0.29, 0.717) is 11.1 Å². The van der Waals surface area contributed by atoms with Gasteiger partial charge in [0, 0.05) is 17.2 Å². The van der Waals surface area contributed by atoms with Crippen molar-refractivity contribution in [3.8, 4) is 0 Å². The third-order valence-corrected chi connectivity index (χ3v) is 2.15. The summed E-state index contributed by atoms with van der Waals surface area (Å²) in [5.74, 6) is 0.216. The molecular formula is C9H9N7O2. The van der Waals surface area contributed by atoms with Gasteiger partial charge in [-0.05, 0) is 12.1 Å². The van der Waals surface area contributed by atoms with E-state index in [2.05, 4.69) is 31.2 Å². The van der Waals surface area contributed by atoms with Crippen LogP contribution in [0, 0.1) is 17.0 Å². The van der Waals surface area contributed by atoms with Gasteiger partial charge in [-0.2, -0.15) is 10.3 Å². The van der Waals surface area contributed by atoms with Crippen LogP contribution in [0.5, 0.6) is 0 Å². The van der Waals surface area contributed by atoms with Crippen LogP contribution in [0.3, 0.4) is 0 Å². The first-order chi connectivity index (χ1) is 8.66. The highest BCUT2D eigenvalue weighted by Crippen LogP contribution is 2.18. The number of hydrazone groups is 1. The molecule has 0 saturated carbocycles. The number of aryl methyl sites for hydroxylation is 1. The van der Waals surface area contributed by atoms with Gasteiger partial charge in [0.2, 0.25) is 0 Å². The molecule has 18 heavy (non-hydrogen) atoms. The number of nitrogens with one attached hydrogen (secondary N) is 2. The Bertz CT molecular complexity index is 579. The van der Waals surface area contributed by atoms with Crippen molar-refractivity contribution < 1.29 is 4.92 Å². The topological polar surface area (TPSA) is 122 Å². The Morgan fingerprint density at radius 2 is 2.39 bits per heavy atom. The van der Waals surface area contributed by atoms with E-state index in [9.17, 15) is 10.1 Å². The zero-order valence-corrected chi connectivity index (χ0v) is 9.36. The van der Waals surface area contributed by atoms with Gasteiger partial charge < -0.3 is 0 Å². The summed E-state index contributed by atoms with van der Waals surface area (Å²) in [6.45, 7) is 1.68. The fraction of sp³-hybridized carbons (Fsp3) is 0.111. The minimum atomic E-state index is -0.431. The summed E-state index contributed by atoms with van der Waals surface area (Å²) >= 11 is 0. The third kappa shape index (κ3) is 2.64. The van der Waals surface area contributed by atoms with Crippen LogP contribution in [-0.2, 0) is 0 Å². The summed E-state index contributed by atoms with van der Waals surface area (Å²) in [7, 11) is 0. The summed E-state index contributed by atoms with van der Waals surface area (Å²) in [6, 6.07) is 4.83. The van der Waals surface area contributed by atoms with Crippen LogP contribution in [0.4, 0.5) is 11.6 Å². The van der Waals surface area contributed by atoms with Crippen LogP contribution >= 0.6 is 0 Å². The lowest BCUT2D eigenvalue weighted by atomic mass is 10.1. The van der Waals surface area contributed by atoms with E-state index < -0.39 is 4.92 Å². The van der Waals surface area contributed by atoms with Crippen molar-refractivity contribution in [3.63, 3.8) is 0 Å². The lowest BCUT2D eigenvalue weighted by Crippen LogP contribution is -1.95. The number of nitro benzene ring substituents is 1. The molecule has 1 heterocycles. The molecule has 1 aromatic carbocycles. The number of H-pyrrole nitrogens is 1. The number of anilines is 1. The predicted molar refractivity (Wildman–Crippen MR) is 63.2 cm³/mol. The number of tetrazole rings is 1. The maximum atomic E-state index is 10.7. The molecule has 92 valence electrons. The van der Waals surface area contributed by atoms with Crippen molar-refractivity contribution in [2.24, 2.45) is 5.10 Å². The molecule has 2 N–H and O–H groups in total. The van der Waals surface area contributed by atoms with Crippen molar-refractivity contribution in [2.45, 2.75) is 6.92 Å². The van der Waals surface area contributed by atoms with Gasteiger partial charge >= 0.3 is 0 Å². The molecule has 0 atom stereocenters. The number of nitrogens with zero attached hydrogens (tertiary/aromatic N) is 5. The van der Waals surface area contributed by atoms with Crippen molar-refractivity contribution >= 4 is 17.9 Å². The molecule has 0 spiro atoms. The molecule has 0 saturated heterocycles. The van der Waals surface area contributed by atoms with Crippen LogP contribution in [0.2, 0.25) is 0 Å². The SMILES string of the molecule is Cc1ccc(/C=N/Nc2nn[nH]n2)cc1[N+](=O)[O-]. The van der Waals surface area contributed by atoms with Crippen LogP contribution in [0.1, 0.15) is 11.1 Å². The normalized spacial score (nSPS) is 10.7. The van der Waals surface area contributed by atoms with Gasteiger partial charge in [-0.3, -0.25) is 10.1 Å². The van der Waals surface area contributed by atoms with Gasteiger partial charge in [-0.15, -0.1) is 5.10 Å². The Hall–Kier alpha value is -2.84. The number of benzene rings is 1. The zero-order valence-electron chi connectivity index (χ0n) is 9.36. The smallest absolute Gasteiger partial charge is 0.258 e. The number of aromatic amines is 1. The Morgan fingerprint density at radius 3 is 3.06 bits per heavy atom. The molecule has 2 rings (SSSR count). The molecule has 9 heteroatoms. The molecule has 0 unspecified atom stereocenters. The molecule has 0 amide bonds. The van der Waals surface area contributed by atoms with Gasteiger partial charge in [0.25, 0.3) is 11.6 Å². The van der Waals surface area contributed by atoms with E-state index in [1.807, 2.05) is 0 Å². The van der Waals surface area contributed by atoms with Gasteiger partial charge in [0.05, 0.1) is 11.1 Å². The van der Waals surface area contributed by atoms with Gasteiger partial charge in [0.1, 0.15) is 0 Å². The van der Waals surface area contributed by atoms with Crippen molar-refractivity contribution in [2.75, 3.05) is 5.43 Å². The summed E-state index contributed by atoms with van der Waals surface area (Å²) in [5, 5.41) is 27.4. The minimum Gasteiger partial charge on any atom is -0.258 e. The van der Waals surface area contributed by atoms with Crippen molar-refractivity contribution in [1.82, 2.24) is 20.6 Å². The van der Waals surface area contributed by atoms with E-state index >= 15 is 0 Å². The fourth-order valence-electron chi connectivity index (χ4n) is 1.28. The third-order valence-electron chi connectivity index (χ3n) is 2.15. The quantitative estimate of drug-likeness (QED) is 0.469. The summed E-state index contributed by atoms with van der Waals surface area (Å²) in [5.41, 5.74) is 3.77. The molecule has 0 aliphatic carbocycles. The second-order valence-corrected chi connectivity index (χ2v) is 3.41. The average Bonchev–Trinajstić information content (AvgIpc) is 2.84. The maximum Gasteiger partial charge on any atom is 0.283 e. The van der Waals surface area contributed by atoms with Crippen LogP contribution < -0.4 is 5.43 Å². The van der Waals surface area contributed by atoms with Crippen molar-refractivity contribution in [3.05, 3.63) is 39.4 Å². The molecule has 9 nitrogen and oxygen atoms in total. The van der Waals surface area contributed by atoms with Crippen molar-refractivity contribution in [1.29, 1.82) is 0 Å². The molecule has 0 bridgehead atoms. The van der Waals surface area contributed by atoms with Crippen LogP contribution in [0.25, 0.3) is 0 Å².